The molecule has 2 heterocycles. The monoisotopic (exact) mass is 303 g/mol. The number of carboxylic acid groups (broad SMARTS) is 1. The number of nitrogens with zero attached hydrogens (tertiary/aromatic N) is 2. The zero-order chi connectivity index (χ0) is 16.1. The highest BCUT2D eigenvalue weighted by Gasteiger charge is 2.32. The zero-order valence-corrected chi connectivity index (χ0v) is 12.2. The summed E-state index contributed by atoms with van der Waals surface area (Å²) in [6, 6.07) is 0.848. The Morgan fingerprint density at radius 3 is 2.86 bits per heavy atom. The molecular weight excluding hydrogens is 286 g/mol. The highest BCUT2D eigenvalue weighted by Crippen LogP contribution is 2.18. The van der Waals surface area contributed by atoms with Gasteiger partial charge < -0.3 is 15.3 Å². The SMILES string of the molecule is CNC(=O)c1cncc(/C=C/C(=O)N2CCC[C@@H]2C(=O)O)c1. The summed E-state index contributed by atoms with van der Waals surface area (Å²) in [6.07, 6.45) is 6.95. The van der Waals surface area contributed by atoms with Gasteiger partial charge in [0.05, 0.1) is 5.56 Å². The van der Waals surface area contributed by atoms with Gasteiger partial charge in [-0.2, -0.15) is 0 Å². The molecule has 1 fully saturated rings. The average molecular weight is 303 g/mol. The second kappa shape index (κ2) is 6.84. The molecule has 0 spiro atoms. The molecule has 1 aromatic heterocycles. The quantitative estimate of drug-likeness (QED) is 0.790. The maximum absolute atomic E-state index is 12.1. The standard InChI is InChI=1S/C15H17N3O4/c1-16-14(20)11-7-10(8-17-9-11)4-5-13(19)18-6-2-3-12(18)15(21)22/h4-5,7-9,12H,2-3,6H2,1H3,(H,16,20)(H,21,22)/b5-4+/t12-/m1/s1. The fourth-order valence-electron chi connectivity index (χ4n) is 2.37. The van der Waals surface area contributed by atoms with Gasteiger partial charge >= 0.3 is 5.97 Å². The van der Waals surface area contributed by atoms with E-state index in [-0.39, 0.29) is 11.8 Å². The number of carbonyl (C=O) groups is 3. The van der Waals surface area contributed by atoms with Crippen molar-refractivity contribution in [2.24, 2.45) is 0 Å². The number of hydrogen-bond donors (Lipinski definition) is 2. The molecule has 1 aliphatic rings. The molecule has 0 radical (unpaired) electrons. The summed E-state index contributed by atoms with van der Waals surface area (Å²) in [7, 11) is 1.52. The summed E-state index contributed by atoms with van der Waals surface area (Å²) in [5.74, 6) is -1.60. The summed E-state index contributed by atoms with van der Waals surface area (Å²) in [4.78, 5) is 40.0. The van der Waals surface area contributed by atoms with Gasteiger partial charge in [0.2, 0.25) is 5.91 Å². The zero-order valence-electron chi connectivity index (χ0n) is 12.2. The summed E-state index contributed by atoms with van der Waals surface area (Å²) < 4.78 is 0. The van der Waals surface area contributed by atoms with E-state index in [1.165, 1.54) is 36.5 Å². The van der Waals surface area contributed by atoms with Gasteiger partial charge in [0, 0.05) is 32.1 Å². The molecule has 7 heteroatoms. The minimum absolute atomic E-state index is 0.264. The molecule has 2 N–H and O–H groups in total. The van der Waals surface area contributed by atoms with Gasteiger partial charge in [0.1, 0.15) is 6.04 Å². The van der Waals surface area contributed by atoms with Crippen LogP contribution in [0.1, 0.15) is 28.8 Å². The number of hydrogen-bond acceptors (Lipinski definition) is 4. The third-order valence-electron chi connectivity index (χ3n) is 3.49. The minimum atomic E-state index is -0.984. The van der Waals surface area contributed by atoms with Gasteiger partial charge in [-0.3, -0.25) is 14.6 Å². The summed E-state index contributed by atoms with van der Waals surface area (Å²) in [5, 5.41) is 11.6. The molecule has 116 valence electrons. The van der Waals surface area contributed by atoms with Crippen molar-refractivity contribution in [1.29, 1.82) is 0 Å². The van der Waals surface area contributed by atoms with Crippen LogP contribution >= 0.6 is 0 Å². The highest BCUT2D eigenvalue weighted by atomic mass is 16.4. The first kappa shape index (κ1) is 15.7. The van der Waals surface area contributed by atoms with E-state index in [2.05, 4.69) is 10.3 Å². The van der Waals surface area contributed by atoms with Crippen LogP contribution in [0.3, 0.4) is 0 Å². The van der Waals surface area contributed by atoms with Crippen molar-refractivity contribution in [2.75, 3.05) is 13.6 Å². The second-order valence-corrected chi connectivity index (χ2v) is 4.95. The number of pyridine rings is 1. The van der Waals surface area contributed by atoms with Crippen molar-refractivity contribution < 1.29 is 19.5 Å². The van der Waals surface area contributed by atoms with Gasteiger partial charge in [-0.05, 0) is 30.5 Å². The van der Waals surface area contributed by atoms with E-state index >= 15 is 0 Å². The van der Waals surface area contributed by atoms with Crippen LogP contribution in [0.4, 0.5) is 0 Å². The number of likely N-dealkylation sites (tertiary alicyclic amines) is 1. The molecule has 0 saturated carbocycles. The fourth-order valence-corrected chi connectivity index (χ4v) is 2.37. The third-order valence-corrected chi connectivity index (χ3v) is 3.49. The number of rotatable bonds is 4. The maximum atomic E-state index is 12.1. The molecule has 1 aromatic rings. The molecule has 22 heavy (non-hydrogen) atoms. The van der Waals surface area contributed by atoms with Crippen molar-refractivity contribution >= 4 is 23.9 Å². The minimum Gasteiger partial charge on any atom is -0.480 e. The van der Waals surface area contributed by atoms with E-state index in [0.29, 0.717) is 30.5 Å². The molecule has 1 saturated heterocycles. The number of nitrogens with one attached hydrogen (secondary N) is 1. The molecular formula is C15H17N3O4. The van der Waals surface area contributed by atoms with Gasteiger partial charge in [-0.1, -0.05) is 0 Å². The first-order valence-electron chi connectivity index (χ1n) is 6.91. The lowest BCUT2D eigenvalue weighted by atomic mass is 10.2. The van der Waals surface area contributed by atoms with Crippen LogP contribution < -0.4 is 5.32 Å². The van der Waals surface area contributed by atoms with E-state index in [9.17, 15) is 14.4 Å². The Morgan fingerprint density at radius 1 is 1.41 bits per heavy atom. The van der Waals surface area contributed by atoms with Crippen molar-refractivity contribution in [3.63, 3.8) is 0 Å². The summed E-state index contributed by atoms with van der Waals surface area (Å²) >= 11 is 0. The summed E-state index contributed by atoms with van der Waals surface area (Å²) in [6.45, 7) is 0.441. The van der Waals surface area contributed by atoms with Crippen LogP contribution in [-0.4, -0.2) is 52.4 Å². The number of aliphatic carboxylic acids is 1. The van der Waals surface area contributed by atoms with Gasteiger partial charge in [-0.15, -0.1) is 0 Å². The molecule has 7 nitrogen and oxygen atoms in total. The average Bonchev–Trinajstić information content (AvgIpc) is 3.02. The van der Waals surface area contributed by atoms with E-state index < -0.39 is 12.0 Å². The van der Waals surface area contributed by atoms with Crippen molar-refractivity contribution in [2.45, 2.75) is 18.9 Å². The van der Waals surface area contributed by atoms with E-state index in [1.807, 2.05) is 0 Å². The van der Waals surface area contributed by atoms with Gasteiger partial charge in [0.15, 0.2) is 0 Å². The third kappa shape index (κ3) is 3.49. The Hall–Kier alpha value is -2.70. The van der Waals surface area contributed by atoms with Gasteiger partial charge in [-0.25, -0.2) is 4.79 Å². The smallest absolute Gasteiger partial charge is 0.326 e. The van der Waals surface area contributed by atoms with Crippen LogP contribution in [0.15, 0.2) is 24.5 Å². The molecule has 2 amide bonds. The summed E-state index contributed by atoms with van der Waals surface area (Å²) in [5.41, 5.74) is 0.988. The number of aromatic nitrogens is 1. The number of carboxylic acids is 1. The predicted octanol–water partition coefficient (Wildman–Crippen LogP) is 0.530. The van der Waals surface area contributed by atoms with Crippen LogP contribution in [0, 0.1) is 0 Å². The van der Waals surface area contributed by atoms with E-state index in [4.69, 9.17) is 5.11 Å². The first-order valence-corrected chi connectivity index (χ1v) is 6.91. The Morgan fingerprint density at radius 2 is 2.18 bits per heavy atom. The molecule has 1 aliphatic heterocycles. The number of amides is 2. The highest BCUT2D eigenvalue weighted by molar-refractivity contribution is 5.96. The second-order valence-electron chi connectivity index (χ2n) is 4.95. The molecule has 0 aromatic carbocycles. The topological polar surface area (TPSA) is 99.6 Å². The Bertz CT molecular complexity index is 627. The number of carbonyl (C=O) groups excluding carboxylic acids is 2. The van der Waals surface area contributed by atoms with Crippen LogP contribution in [0.25, 0.3) is 6.08 Å². The van der Waals surface area contributed by atoms with Gasteiger partial charge in [0.25, 0.3) is 5.91 Å². The lowest BCUT2D eigenvalue weighted by Gasteiger charge is -2.19. The van der Waals surface area contributed by atoms with Crippen molar-refractivity contribution in [3.05, 3.63) is 35.7 Å². The lowest BCUT2D eigenvalue weighted by molar-refractivity contribution is -0.146. The Labute approximate surface area is 127 Å². The van der Waals surface area contributed by atoms with Crippen molar-refractivity contribution in [3.8, 4) is 0 Å². The molecule has 2 rings (SSSR count). The molecule has 1 atom stereocenters. The fraction of sp³-hybridized carbons (Fsp3) is 0.333. The molecule has 0 unspecified atom stereocenters. The lowest BCUT2D eigenvalue weighted by Crippen LogP contribution is -2.39. The largest absolute Gasteiger partial charge is 0.480 e. The Kier molecular flexibility index (Phi) is 4.88. The van der Waals surface area contributed by atoms with E-state index in [1.54, 1.807) is 6.07 Å². The maximum Gasteiger partial charge on any atom is 0.326 e. The first-order chi connectivity index (χ1) is 10.5. The van der Waals surface area contributed by atoms with Crippen LogP contribution in [0.5, 0.6) is 0 Å². The predicted molar refractivity (Wildman–Crippen MR) is 79.0 cm³/mol. The molecule has 0 aliphatic carbocycles. The van der Waals surface area contributed by atoms with E-state index in [0.717, 1.165) is 0 Å². The molecule has 0 bridgehead atoms. The normalized spacial score (nSPS) is 17.7. The van der Waals surface area contributed by atoms with Crippen LogP contribution in [-0.2, 0) is 9.59 Å². The van der Waals surface area contributed by atoms with Crippen LogP contribution in [0.2, 0.25) is 0 Å². The van der Waals surface area contributed by atoms with Crippen molar-refractivity contribution in [1.82, 2.24) is 15.2 Å². The Balaban J connectivity index is 2.10.